The normalized spacial score (nSPS) is 14.3. The molecular formula is C10H13ClN2O4. The molecule has 0 amide bonds. The number of aliphatic hydroxyl groups excluding tert-OH is 2. The maximum absolute atomic E-state index is 10.5. The number of nitrogens with zero attached hydrogens (tertiary/aromatic N) is 1. The summed E-state index contributed by atoms with van der Waals surface area (Å²) in [5.74, 6) is 0.200. The summed E-state index contributed by atoms with van der Waals surface area (Å²) < 4.78 is 0. The lowest BCUT2D eigenvalue weighted by molar-refractivity contribution is -0.384. The van der Waals surface area contributed by atoms with Gasteiger partial charge in [0.2, 0.25) is 0 Å². The van der Waals surface area contributed by atoms with Crippen molar-refractivity contribution in [2.24, 2.45) is 0 Å². The number of nitro benzene ring substituents is 1. The number of alkyl halides is 1. The second-order valence-electron chi connectivity index (χ2n) is 3.56. The van der Waals surface area contributed by atoms with Crippen molar-refractivity contribution in [3.63, 3.8) is 0 Å². The maximum atomic E-state index is 10.5. The number of nitro groups is 1. The van der Waals surface area contributed by atoms with Crippen LogP contribution in [0.1, 0.15) is 18.1 Å². The molecule has 7 heteroatoms. The molecule has 0 radical (unpaired) electrons. The average Bonchev–Trinajstić information content (AvgIpc) is 2.28. The zero-order chi connectivity index (χ0) is 13.0. The Balaban J connectivity index is 2.95. The minimum absolute atomic E-state index is 0.0697. The highest BCUT2D eigenvalue weighted by Gasteiger charge is 2.21. The molecular weight excluding hydrogens is 248 g/mol. The van der Waals surface area contributed by atoms with Crippen LogP contribution in [-0.2, 0) is 0 Å². The highest BCUT2D eigenvalue weighted by atomic mass is 35.5. The van der Waals surface area contributed by atoms with Crippen molar-refractivity contribution in [2.45, 2.75) is 18.6 Å². The molecule has 2 atom stereocenters. The molecule has 1 aromatic rings. The minimum Gasteiger partial charge on any atom is -0.398 e. The molecule has 2 unspecified atom stereocenters. The molecule has 94 valence electrons. The summed E-state index contributed by atoms with van der Waals surface area (Å²) in [7, 11) is 0. The van der Waals surface area contributed by atoms with Crippen molar-refractivity contribution < 1.29 is 15.1 Å². The predicted octanol–water partition coefficient (Wildman–Crippen LogP) is 1.20. The van der Waals surface area contributed by atoms with E-state index in [2.05, 4.69) is 0 Å². The Hall–Kier alpha value is -1.37. The van der Waals surface area contributed by atoms with Crippen LogP contribution in [0.5, 0.6) is 0 Å². The highest BCUT2D eigenvalue weighted by Crippen LogP contribution is 2.28. The number of hydrogen-bond acceptors (Lipinski definition) is 5. The SMILES string of the molecule is Nc1cc([N+](=O)[O-])ccc1C(O)C(O)CCCl. The van der Waals surface area contributed by atoms with Crippen LogP contribution < -0.4 is 5.73 Å². The van der Waals surface area contributed by atoms with Crippen molar-refractivity contribution >= 4 is 23.0 Å². The molecule has 0 heterocycles. The summed E-state index contributed by atoms with van der Waals surface area (Å²) in [5.41, 5.74) is 5.75. The molecule has 0 spiro atoms. The van der Waals surface area contributed by atoms with E-state index in [-0.39, 0.29) is 29.2 Å². The number of anilines is 1. The van der Waals surface area contributed by atoms with Crippen LogP contribution in [0.3, 0.4) is 0 Å². The molecule has 0 saturated carbocycles. The first kappa shape index (κ1) is 13.7. The molecule has 0 aliphatic carbocycles. The third-order valence-electron chi connectivity index (χ3n) is 2.37. The van der Waals surface area contributed by atoms with E-state index in [1.165, 1.54) is 12.1 Å². The first-order valence-electron chi connectivity index (χ1n) is 4.93. The summed E-state index contributed by atoms with van der Waals surface area (Å²) in [6.07, 6.45) is -2.04. The molecule has 1 aromatic carbocycles. The van der Waals surface area contributed by atoms with E-state index in [9.17, 15) is 20.3 Å². The second-order valence-corrected chi connectivity index (χ2v) is 3.94. The van der Waals surface area contributed by atoms with Gasteiger partial charge in [0, 0.05) is 29.3 Å². The summed E-state index contributed by atoms with van der Waals surface area (Å²) >= 11 is 5.44. The first-order chi connectivity index (χ1) is 7.97. The fraction of sp³-hybridized carbons (Fsp3) is 0.400. The summed E-state index contributed by atoms with van der Waals surface area (Å²) in [6.45, 7) is 0. The van der Waals surface area contributed by atoms with Crippen LogP contribution in [0.2, 0.25) is 0 Å². The Kier molecular flexibility index (Phi) is 4.68. The fourth-order valence-corrected chi connectivity index (χ4v) is 1.65. The number of halogens is 1. The zero-order valence-electron chi connectivity index (χ0n) is 8.91. The van der Waals surface area contributed by atoms with Crippen LogP contribution in [-0.4, -0.2) is 27.1 Å². The lowest BCUT2D eigenvalue weighted by atomic mass is 10.0. The van der Waals surface area contributed by atoms with Crippen LogP contribution in [0.25, 0.3) is 0 Å². The Morgan fingerprint density at radius 1 is 1.47 bits per heavy atom. The van der Waals surface area contributed by atoms with Crippen molar-refractivity contribution in [3.05, 3.63) is 33.9 Å². The van der Waals surface area contributed by atoms with Crippen LogP contribution in [0.15, 0.2) is 18.2 Å². The Labute approximate surface area is 103 Å². The number of non-ortho nitro benzene ring substituents is 1. The number of hydrogen-bond donors (Lipinski definition) is 3. The molecule has 1 rings (SSSR count). The van der Waals surface area contributed by atoms with Crippen molar-refractivity contribution in [1.82, 2.24) is 0 Å². The van der Waals surface area contributed by atoms with Gasteiger partial charge in [0.25, 0.3) is 5.69 Å². The van der Waals surface area contributed by atoms with E-state index in [0.717, 1.165) is 6.07 Å². The van der Waals surface area contributed by atoms with Gasteiger partial charge >= 0.3 is 0 Å². The zero-order valence-corrected chi connectivity index (χ0v) is 9.67. The second kappa shape index (κ2) is 5.81. The van der Waals surface area contributed by atoms with E-state index in [0.29, 0.717) is 0 Å². The molecule has 0 aliphatic heterocycles. The molecule has 6 nitrogen and oxygen atoms in total. The Bertz CT molecular complexity index is 413. The molecule has 0 fully saturated rings. The Morgan fingerprint density at radius 3 is 2.59 bits per heavy atom. The molecule has 4 N–H and O–H groups in total. The third-order valence-corrected chi connectivity index (χ3v) is 2.59. The largest absolute Gasteiger partial charge is 0.398 e. The van der Waals surface area contributed by atoms with Gasteiger partial charge in [-0.1, -0.05) is 0 Å². The number of benzene rings is 1. The van der Waals surface area contributed by atoms with Crippen molar-refractivity contribution in [3.8, 4) is 0 Å². The predicted molar refractivity (Wildman–Crippen MR) is 63.8 cm³/mol. The van der Waals surface area contributed by atoms with Gasteiger partial charge in [-0.3, -0.25) is 10.1 Å². The fourth-order valence-electron chi connectivity index (χ4n) is 1.42. The number of nitrogens with two attached hydrogens (primary N) is 1. The smallest absolute Gasteiger partial charge is 0.271 e. The highest BCUT2D eigenvalue weighted by molar-refractivity contribution is 6.17. The van der Waals surface area contributed by atoms with E-state index in [1.54, 1.807) is 0 Å². The van der Waals surface area contributed by atoms with Crippen LogP contribution in [0.4, 0.5) is 11.4 Å². The molecule has 0 aromatic heterocycles. The van der Waals surface area contributed by atoms with Gasteiger partial charge in [0.15, 0.2) is 0 Å². The quantitative estimate of drug-likeness (QED) is 0.319. The van der Waals surface area contributed by atoms with E-state index in [1.807, 2.05) is 0 Å². The van der Waals surface area contributed by atoms with E-state index >= 15 is 0 Å². The van der Waals surface area contributed by atoms with E-state index < -0.39 is 17.1 Å². The molecule has 0 aliphatic rings. The number of rotatable bonds is 5. The first-order valence-corrected chi connectivity index (χ1v) is 5.46. The minimum atomic E-state index is -1.20. The summed E-state index contributed by atoms with van der Waals surface area (Å²) in [4.78, 5) is 9.91. The topological polar surface area (TPSA) is 110 Å². The number of aliphatic hydroxyl groups is 2. The van der Waals surface area contributed by atoms with Gasteiger partial charge in [-0.15, -0.1) is 11.6 Å². The standard InChI is InChI=1S/C10H13ClN2O4/c11-4-3-9(14)10(15)7-2-1-6(13(16)17)5-8(7)12/h1-2,5,9-10,14-15H,3-4,12H2. The van der Waals surface area contributed by atoms with Gasteiger partial charge < -0.3 is 15.9 Å². The lowest BCUT2D eigenvalue weighted by Crippen LogP contribution is -2.19. The van der Waals surface area contributed by atoms with Gasteiger partial charge in [-0.05, 0) is 12.5 Å². The van der Waals surface area contributed by atoms with E-state index in [4.69, 9.17) is 17.3 Å². The van der Waals surface area contributed by atoms with Gasteiger partial charge in [-0.2, -0.15) is 0 Å². The average molecular weight is 261 g/mol. The maximum Gasteiger partial charge on any atom is 0.271 e. The van der Waals surface area contributed by atoms with Gasteiger partial charge in [-0.25, -0.2) is 0 Å². The number of nitrogen functional groups attached to an aromatic ring is 1. The van der Waals surface area contributed by atoms with Gasteiger partial charge in [0.05, 0.1) is 11.0 Å². The monoisotopic (exact) mass is 260 g/mol. The van der Waals surface area contributed by atoms with Crippen LogP contribution >= 0.6 is 11.6 Å². The third kappa shape index (κ3) is 3.29. The van der Waals surface area contributed by atoms with Crippen molar-refractivity contribution in [2.75, 3.05) is 11.6 Å². The van der Waals surface area contributed by atoms with Gasteiger partial charge in [0.1, 0.15) is 6.10 Å². The summed E-state index contributed by atoms with van der Waals surface area (Å²) in [6, 6.07) is 3.70. The molecule has 0 saturated heterocycles. The lowest BCUT2D eigenvalue weighted by Gasteiger charge is -2.18. The molecule has 17 heavy (non-hydrogen) atoms. The Morgan fingerprint density at radius 2 is 2.12 bits per heavy atom. The van der Waals surface area contributed by atoms with Crippen molar-refractivity contribution in [1.29, 1.82) is 0 Å². The summed E-state index contributed by atoms with van der Waals surface area (Å²) in [5, 5.41) is 29.8. The van der Waals surface area contributed by atoms with Crippen LogP contribution in [0, 0.1) is 10.1 Å². The molecule has 0 bridgehead atoms.